The Morgan fingerprint density at radius 1 is 1.28 bits per heavy atom. The van der Waals surface area contributed by atoms with Gasteiger partial charge in [0.05, 0.1) is 0 Å². The summed E-state index contributed by atoms with van der Waals surface area (Å²) in [6.07, 6.45) is -2.19. The molecule has 3 aromatic heterocycles. The number of carboxylic acid groups (broad SMARTS) is 1. The lowest BCUT2D eigenvalue weighted by Crippen LogP contribution is -2.33. The van der Waals surface area contributed by atoms with E-state index < -0.39 is 35.7 Å². The van der Waals surface area contributed by atoms with Gasteiger partial charge in [0.1, 0.15) is 29.2 Å². The summed E-state index contributed by atoms with van der Waals surface area (Å²) in [4.78, 5) is 42.4. The molecule has 3 heterocycles. The average Bonchev–Trinajstić information content (AvgIpc) is 3.13. The summed E-state index contributed by atoms with van der Waals surface area (Å²) in [5, 5.41) is 13.8. The zero-order valence-electron chi connectivity index (χ0n) is 14.4. The Bertz CT molecular complexity index is 1120. The minimum atomic E-state index is -4.53. The molecule has 1 amide bonds. The lowest BCUT2D eigenvalue weighted by Gasteiger charge is -2.09. The van der Waals surface area contributed by atoms with Crippen LogP contribution in [-0.4, -0.2) is 43.1 Å². The fraction of sp³-hybridized carbons (Fsp3) is 0.188. The number of alkyl halides is 3. The number of amides is 1. The first-order valence-corrected chi connectivity index (χ1v) is 8.89. The molecule has 0 aliphatic carbocycles. The number of rotatable bonds is 6. The molecule has 0 aromatic carbocycles. The number of hydrogen-bond acceptors (Lipinski definition) is 6. The molecule has 152 valence electrons. The van der Waals surface area contributed by atoms with Crippen molar-refractivity contribution in [1.82, 2.24) is 24.9 Å². The molecule has 9 nitrogen and oxygen atoms in total. The lowest BCUT2D eigenvalue weighted by molar-refractivity contribution is -0.141. The Hall–Kier alpha value is -3.35. The summed E-state index contributed by atoms with van der Waals surface area (Å²) in [6.45, 7) is -0.660. The second-order valence-electron chi connectivity index (χ2n) is 5.68. The van der Waals surface area contributed by atoms with Crippen LogP contribution in [0.25, 0.3) is 5.65 Å². The van der Waals surface area contributed by atoms with Crippen molar-refractivity contribution in [1.29, 1.82) is 0 Å². The molecule has 0 aliphatic heterocycles. The van der Waals surface area contributed by atoms with Gasteiger partial charge in [0.2, 0.25) is 0 Å². The van der Waals surface area contributed by atoms with Crippen molar-refractivity contribution < 1.29 is 27.9 Å². The number of halogens is 3. The minimum absolute atomic E-state index is 0.00608. The van der Waals surface area contributed by atoms with Crippen LogP contribution in [0.2, 0.25) is 0 Å². The topological polar surface area (TPSA) is 129 Å². The van der Waals surface area contributed by atoms with E-state index in [2.05, 4.69) is 20.4 Å². The Labute approximate surface area is 164 Å². The van der Waals surface area contributed by atoms with Crippen LogP contribution < -0.4 is 10.7 Å². The van der Waals surface area contributed by atoms with E-state index in [1.165, 1.54) is 16.9 Å². The van der Waals surface area contributed by atoms with Gasteiger partial charge in [-0.15, -0.1) is 11.8 Å². The third kappa shape index (κ3) is 4.56. The smallest absolute Gasteiger partial charge is 0.433 e. The standard InChI is InChI=1S/C16H12F3N5O4S/c17-16(18,19)10-2-1-8(4-20-10)6-29-11-3-9(25)13(14-22-7-23-24(11)14)15(28)21-5-12(26)27/h1-4,7H,5-6H2,(H,21,28)(H,22,23)(H,26,27). The van der Waals surface area contributed by atoms with Crippen LogP contribution in [0, 0.1) is 0 Å². The van der Waals surface area contributed by atoms with Gasteiger partial charge in [-0.25, -0.2) is 9.50 Å². The van der Waals surface area contributed by atoms with Crippen LogP contribution in [0.4, 0.5) is 13.2 Å². The molecule has 0 bridgehead atoms. The van der Waals surface area contributed by atoms with Gasteiger partial charge in [-0.3, -0.25) is 24.5 Å². The first kappa shape index (κ1) is 20.4. The number of fused-ring (bicyclic) bond motifs is 1. The molecule has 0 atom stereocenters. The summed E-state index contributed by atoms with van der Waals surface area (Å²) in [5.74, 6) is -1.95. The molecule has 3 aromatic rings. The second kappa shape index (κ2) is 7.95. The highest BCUT2D eigenvalue weighted by Crippen LogP contribution is 2.28. The average molecular weight is 427 g/mol. The number of nitrogens with zero attached hydrogens (tertiary/aromatic N) is 3. The molecule has 29 heavy (non-hydrogen) atoms. The quantitative estimate of drug-likeness (QED) is 0.509. The van der Waals surface area contributed by atoms with E-state index in [0.29, 0.717) is 10.6 Å². The number of carbonyl (C=O) groups is 2. The molecule has 0 radical (unpaired) electrons. The summed E-state index contributed by atoms with van der Waals surface area (Å²) in [6, 6.07) is 3.30. The zero-order chi connectivity index (χ0) is 21.2. The SMILES string of the molecule is O=C(O)CNC(=O)c1c(=O)cc(SCc2ccc(C(F)(F)F)nc2)n2[nH]cnc12. The van der Waals surface area contributed by atoms with E-state index in [4.69, 9.17) is 5.11 Å². The maximum atomic E-state index is 12.6. The molecule has 0 aliphatic rings. The first-order valence-electron chi connectivity index (χ1n) is 7.91. The van der Waals surface area contributed by atoms with Crippen LogP contribution in [0.15, 0.2) is 40.5 Å². The predicted octanol–water partition coefficient (Wildman–Crippen LogP) is 1.54. The monoisotopic (exact) mass is 427 g/mol. The zero-order valence-corrected chi connectivity index (χ0v) is 15.2. The van der Waals surface area contributed by atoms with Crippen molar-refractivity contribution in [3.05, 3.63) is 57.8 Å². The van der Waals surface area contributed by atoms with Gasteiger partial charge >= 0.3 is 12.1 Å². The van der Waals surface area contributed by atoms with E-state index >= 15 is 0 Å². The lowest BCUT2D eigenvalue weighted by atomic mass is 10.2. The third-order valence-corrected chi connectivity index (χ3v) is 4.73. The molecule has 0 spiro atoms. The molecule has 13 heteroatoms. The van der Waals surface area contributed by atoms with Gasteiger partial charge in [-0.1, -0.05) is 6.07 Å². The highest BCUT2D eigenvalue weighted by atomic mass is 32.2. The maximum Gasteiger partial charge on any atom is 0.433 e. The van der Waals surface area contributed by atoms with Crippen molar-refractivity contribution in [2.75, 3.05) is 6.54 Å². The van der Waals surface area contributed by atoms with Crippen molar-refractivity contribution in [3.63, 3.8) is 0 Å². The summed E-state index contributed by atoms with van der Waals surface area (Å²) >= 11 is 1.12. The summed E-state index contributed by atoms with van der Waals surface area (Å²) in [5.41, 5.74) is -1.52. The van der Waals surface area contributed by atoms with Crippen molar-refractivity contribution >= 4 is 29.3 Å². The number of aromatic nitrogens is 4. The molecule has 3 rings (SSSR count). The highest BCUT2D eigenvalue weighted by molar-refractivity contribution is 7.98. The first-order chi connectivity index (χ1) is 13.7. The molecule has 3 N–H and O–H groups in total. The van der Waals surface area contributed by atoms with Gasteiger partial charge in [0.15, 0.2) is 11.1 Å². The number of carboxylic acids is 1. The Balaban J connectivity index is 1.83. The number of nitrogens with one attached hydrogen (secondary N) is 2. The van der Waals surface area contributed by atoms with Gasteiger partial charge in [-0.05, 0) is 11.6 Å². The van der Waals surface area contributed by atoms with Gasteiger partial charge in [0.25, 0.3) is 5.91 Å². The van der Waals surface area contributed by atoms with E-state index in [1.54, 1.807) is 0 Å². The number of thioether (sulfide) groups is 1. The molecule has 0 unspecified atom stereocenters. The molecule has 0 saturated carbocycles. The number of pyridine rings is 2. The Morgan fingerprint density at radius 2 is 2.03 bits per heavy atom. The third-order valence-electron chi connectivity index (χ3n) is 3.66. The Kier molecular flexibility index (Phi) is 5.59. The molecular weight excluding hydrogens is 415 g/mol. The number of hydrogen-bond donors (Lipinski definition) is 3. The highest BCUT2D eigenvalue weighted by Gasteiger charge is 2.32. The van der Waals surface area contributed by atoms with E-state index in [-0.39, 0.29) is 17.0 Å². The Morgan fingerprint density at radius 3 is 2.66 bits per heavy atom. The van der Waals surface area contributed by atoms with E-state index in [1.807, 2.05) is 0 Å². The van der Waals surface area contributed by atoms with Crippen LogP contribution in [0.3, 0.4) is 0 Å². The maximum absolute atomic E-state index is 12.6. The number of H-pyrrole nitrogens is 1. The predicted molar refractivity (Wildman–Crippen MR) is 94.6 cm³/mol. The molecular formula is C16H12F3N5O4S. The van der Waals surface area contributed by atoms with Crippen LogP contribution >= 0.6 is 11.8 Å². The van der Waals surface area contributed by atoms with E-state index in [0.717, 1.165) is 30.1 Å². The van der Waals surface area contributed by atoms with Crippen molar-refractivity contribution in [2.45, 2.75) is 17.0 Å². The van der Waals surface area contributed by atoms with Gasteiger partial charge < -0.3 is 10.4 Å². The number of carbonyl (C=O) groups excluding carboxylic acids is 1. The second-order valence-corrected chi connectivity index (χ2v) is 6.68. The fourth-order valence-electron chi connectivity index (χ4n) is 2.37. The van der Waals surface area contributed by atoms with Gasteiger partial charge in [0, 0.05) is 18.0 Å². The van der Waals surface area contributed by atoms with Crippen molar-refractivity contribution in [3.8, 4) is 0 Å². The number of aliphatic carboxylic acids is 1. The van der Waals surface area contributed by atoms with Gasteiger partial charge in [-0.2, -0.15) is 13.2 Å². The van der Waals surface area contributed by atoms with Crippen LogP contribution in [0.5, 0.6) is 0 Å². The fourth-order valence-corrected chi connectivity index (χ4v) is 3.31. The largest absolute Gasteiger partial charge is 0.480 e. The van der Waals surface area contributed by atoms with E-state index in [9.17, 15) is 27.6 Å². The summed E-state index contributed by atoms with van der Waals surface area (Å²) in [7, 11) is 0. The minimum Gasteiger partial charge on any atom is -0.480 e. The van der Waals surface area contributed by atoms with Crippen molar-refractivity contribution in [2.24, 2.45) is 0 Å². The number of aromatic amines is 1. The normalized spacial score (nSPS) is 11.6. The van der Waals surface area contributed by atoms with Crippen LogP contribution in [0.1, 0.15) is 21.6 Å². The van der Waals surface area contributed by atoms with Crippen LogP contribution in [-0.2, 0) is 16.7 Å². The molecule has 0 fully saturated rings. The molecule has 0 saturated heterocycles. The summed E-state index contributed by atoms with van der Waals surface area (Å²) < 4.78 is 39.1.